The van der Waals surface area contributed by atoms with E-state index < -0.39 is 0 Å². The van der Waals surface area contributed by atoms with E-state index in [1.54, 1.807) is 17.4 Å². The van der Waals surface area contributed by atoms with Crippen molar-refractivity contribution in [3.63, 3.8) is 0 Å². The summed E-state index contributed by atoms with van der Waals surface area (Å²) in [6.07, 6.45) is 1.73. The Morgan fingerprint density at radius 1 is 1.73 bits per heavy atom. The molecule has 0 bridgehead atoms. The Labute approximate surface area is 84.8 Å². The molecule has 0 saturated carbocycles. The molecule has 0 fully saturated rings. The first-order valence-corrected chi connectivity index (χ1v) is 4.53. The fourth-order valence-corrected chi connectivity index (χ4v) is 2.06. The van der Waals surface area contributed by atoms with Crippen LogP contribution in [-0.4, -0.2) is 0 Å². The minimum Gasteiger partial charge on any atom is -0.320 e. The summed E-state index contributed by atoms with van der Waals surface area (Å²) in [5.41, 5.74) is 5.68. The number of rotatable bonds is 2. The van der Waals surface area contributed by atoms with E-state index in [-0.39, 0.29) is 18.4 Å². The molecule has 0 radical (unpaired) electrons. The van der Waals surface area contributed by atoms with Gasteiger partial charge in [0.2, 0.25) is 0 Å². The standard InChI is InChI=1S/C7H8BrNS.ClH/c1-2-6(9)7-3-5(8)4-10-7;/h2-4,6H,1,9H2;1H/t6-;/m0./s1. The minimum absolute atomic E-state index is 0. The quantitative estimate of drug-likeness (QED) is 0.807. The van der Waals surface area contributed by atoms with E-state index in [2.05, 4.69) is 22.5 Å². The molecular formula is C7H9BrClNS. The van der Waals surface area contributed by atoms with Crippen LogP contribution in [0.5, 0.6) is 0 Å². The van der Waals surface area contributed by atoms with Crippen LogP contribution < -0.4 is 5.73 Å². The van der Waals surface area contributed by atoms with Gasteiger partial charge in [0.25, 0.3) is 0 Å². The fraction of sp³-hybridized carbons (Fsp3) is 0.143. The van der Waals surface area contributed by atoms with E-state index >= 15 is 0 Å². The summed E-state index contributed by atoms with van der Waals surface area (Å²) in [5, 5.41) is 2.01. The highest BCUT2D eigenvalue weighted by atomic mass is 79.9. The van der Waals surface area contributed by atoms with Gasteiger partial charge in [0, 0.05) is 14.7 Å². The van der Waals surface area contributed by atoms with Crippen LogP contribution in [0.3, 0.4) is 0 Å². The summed E-state index contributed by atoms with van der Waals surface area (Å²) in [7, 11) is 0. The van der Waals surface area contributed by atoms with Gasteiger partial charge in [-0.3, -0.25) is 0 Å². The van der Waals surface area contributed by atoms with Gasteiger partial charge in [-0.2, -0.15) is 0 Å². The highest BCUT2D eigenvalue weighted by molar-refractivity contribution is 9.10. The lowest BCUT2D eigenvalue weighted by atomic mass is 10.2. The maximum atomic E-state index is 5.68. The molecule has 2 N–H and O–H groups in total. The average Bonchev–Trinajstić information content (AvgIpc) is 2.34. The van der Waals surface area contributed by atoms with Crippen molar-refractivity contribution in [2.45, 2.75) is 6.04 Å². The molecule has 0 aromatic carbocycles. The van der Waals surface area contributed by atoms with Crippen molar-refractivity contribution in [2.24, 2.45) is 5.73 Å². The molecule has 0 unspecified atom stereocenters. The third kappa shape index (κ3) is 2.95. The van der Waals surface area contributed by atoms with Crippen LogP contribution in [0.2, 0.25) is 0 Å². The zero-order valence-corrected chi connectivity index (χ0v) is 9.01. The van der Waals surface area contributed by atoms with Crippen LogP contribution in [0.25, 0.3) is 0 Å². The summed E-state index contributed by atoms with van der Waals surface area (Å²) in [5.74, 6) is 0. The third-order valence-electron chi connectivity index (χ3n) is 1.17. The van der Waals surface area contributed by atoms with Crippen molar-refractivity contribution in [3.05, 3.63) is 33.5 Å². The molecule has 1 nitrogen and oxygen atoms in total. The van der Waals surface area contributed by atoms with Gasteiger partial charge in [-0.15, -0.1) is 30.3 Å². The molecule has 1 rings (SSSR count). The number of nitrogens with two attached hydrogens (primary N) is 1. The molecule has 4 heteroatoms. The van der Waals surface area contributed by atoms with Crippen molar-refractivity contribution in [1.29, 1.82) is 0 Å². The van der Waals surface area contributed by atoms with Crippen molar-refractivity contribution in [2.75, 3.05) is 0 Å². The molecule has 0 aliphatic rings. The Morgan fingerprint density at radius 3 is 2.73 bits per heavy atom. The molecule has 0 aliphatic carbocycles. The van der Waals surface area contributed by atoms with Gasteiger partial charge in [-0.25, -0.2) is 0 Å². The van der Waals surface area contributed by atoms with Crippen LogP contribution in [0, 0.1) is 0 Å². The second kappa shape index (κ2) is 4.93. The number of hydrogen-bond acceptors (Lipinski definition) is 2. The van der Waals surface area contributed by atoms with E-state index in [0.717, 1.165) is 9.35 Å². The zero-order chi connectivity index (χ0) is 7.56. The fourth-order valence-electron chi connectivity index (χ4n) is 0.619. The Kier molecular flexibility index (Phi) is 5.01. The summed E-state index contributed by atoms with van der Waals surface area (Å²) in [6.45, 7) is 3.61. The SMILES string of the molecule is C=C[C@H](N)c1cc(Br)cs1.Cl. The van der Waals surface area contributed by atoms with E-state index in [4.69, 9.17) is 5.73 Å². The van der Waals surface area contributed by atoms with E-state index in [1.807, 2.05) is 11.4 Å². The monoisotopic (exact) mass is 253 g/mol. The van der Waals surface area contributed by atoms with Crippen LogP contribution in [0.4, 0.5) is 0 Å². The first kappa shape index (κ1) is 11.2. The summed E-state index contributed by atoms with van der Waals surface area (Å²) in [6, 6.07) is 1.99. The third-order valence-corrected chi connectivity index (χ3v) is 2.97. The predicted molar refractivity (Wildman–Crippen MR) is 56.4 cm³/mol. The largest absolute Gasteiger partial charge is 0.320 e. The Morgan fingerprint density at radius 2 is 2.36 bits per heavy atom. The van der Waals surface area contributed by atoms with Crippen molar-refractivity contribution < 1.29 is 0 Å². The van der Waals surface area contributed by atoms with Gasteiger partial charge in [0.05, 0.1) is 6.04 Å². The maximum Gasteiger partial charge on any atom is 0.0573 e. The second-order valence-electron chi connectivity index (χ2n) is 1.93. The highest BCUT2D eigenvalue weighted by Crippen LogP contribution is 2.24. The van der Waals surface area contributed by atoms with Crippen LogP contribution >= 0.6 is 39.7 Å². The van der Waals surface area contributed by atoms with Gasteiger partial charge >= 0.3 is 0 Å². The van der Waals surface area contributed by atoms with Crippen LogP contribution in [0.15, 0.2) is 28.6 Å². The van der Waals surface area contributed by atoms with Crippen LogP contribution in [0.1, 0.15) is 10.9 Å². The predicted octanol–water partition coefficient (Wildman–Crippen LogP) is 3.12. The molecular weight excluding hydrogens is 246 g/mol. The lowest BCUT2D eigenvalue weighted by Gasteiger charge is -1.98. The Balaban J connectivity index is 0.000001000. The normalized spacial score (nSPS) is 11.8. The first-order chi connectivity index (χ1) is 4.74. The van der Waals surface area contributed by atoms with Crippen molar-refractivity contribution >= 4 is 39.7 Å². The molecule has 1 aromatic rings. The molecule has 1 heterocycles. The molecule has 1 aromatic heterocycles. The Bertz CT molecular complexity index is 236. The van der Waals surface area contributed by atoms with Gasteiger partial charge in [-0.05, 0) is 22.0 Å². The van der Waals surface area contributed by atoms with Gasteiger partial charge in [0.15, 0.2) is 0 Å². The molecule has 0 spiro atoms. The summed E-state index contributed by atoms with van der Waals surface area (Å²) >= 11 is 4.99. The smallest absolute Gasteiger partial charge is 0.0573 e. The zero-order valence-electron chi connectivity index (χ0n) is 5.79. The first-order valence-electron chi connectivity index (χ1n) is 2.86. The second-order valence-corrected chi connectivity index (χ2v) is 3.79. The number of halogens is 2. The minimum atomic E-state index is -0.0173. The molecule has 0 saturated heterocycles. The molecule has 62 valence electrons. The molecule has 1 atom stereocenters. The molecule has 0 aliphatic heterocycles. The van der Waals surface area contributed by atoms with Crippen molar-refractivity contribution in [1.82, 2.24) is 0 Å². The van der Waals surface area contributed by atoms with E-state index in [9.17, 15) is 0 Å². The Hall–Kier alpha value is 0.170. The van der Waals surface area contributed by atoms with Gasteiger partial charge in [-0.1, -0.05) is 6.08 Å². The lowest BCUT2D eigenvalue weighted by molar-refractivity contribution is 0.939. The van der Waals surface area contributed by atoms with Crippen molar-refractivity contribution in [3.8, 4) is 0 Å². The average molecular weight is 255 g/mol. The van der Waals surface area contributed by atoms with Gasteiger partial charge in [0.1, 0.15) is 0 Å². The summed E-state index contributed by atoms with van der Waals surface area (Å²) < 4.78 is 1.09. The maximum absolute atomic E-state index is 5.68. The number of thiophene rings is 1. The number of hydrogen-bond donors (Lipinski definition) is 1. The lowest BCUT2D eigenvalue weighted by Crippen LogP contribution is -2.03. The summed E-state index contributed by atoms with van der Waals surface area (Å²) in [4.78, 5) is 1.14. The molecule has 0 amide bonds. The topological polar surface area (TPSA) is 26.0 Å². The van der Waals surface area contributed by atoms with E-state index in [1.165, 1.54) is 0 Å². The highest BCUT2D eigenvalue weighted by Gasteiger charge is 2.02. The van der Waals surface area contributed by atoms with Crippen LogP contribution in [-0.2, 0) is 0 Å². The molecule has 11 heavy (non-hydrogen) atoms. The van der Waals surface area contributed by atoms with Gasteiger partial charge < -0.3 is 5.73 Å². The van der Waals surface area contributed by atoms with E-state index in [0.29, 0.717) is 0 Å².